The number of nitrogens with two attached hydrogens (primary N) is 1. The number of carbonyl (C=O) groups excluding carboxylic acids is 1. The predicted octanol–water partition coefficient (Wildman–Crippen LogP) is 2.38. The maximum atomic E-state index is 12.1. The van der Waals surface area contributed by atoms with Crippen LogP contribution in [0.25, 0.3) is 0 Å². The molecule has 2 N–H and O–H groups in total. The Morgan fingerprint density at radius 2 is 2.29 bits per heavy atom. The van der Waals surface area contributed by atoms with Gasteiger partial charge in [0, 0.05) is 24.5 Å². The van der Waals surface area contributed by atoms with E-state index in [9.17, 15) is 4.79 Å². The fraction of sp³-hybridized carbons (Fsp3) is 0.647. The van der Waals surface area contributed by atoms with E-state index in [1.165, 1.54) is 0 Å². The van der Waals surface area contributed by atoms with Crippen LogP contribution >= 0.6 is 0 Å². The molecule has 116 valence electrons. The number of hydrogen-bond acceptors (Lipinski definition) is 3. The molecule has 4 heteroatoms. The summed E-state index contributed by atoms with van der Waals surface area (Å²) in [5.41, 5.74) is 6.50. The molecule has 1 aromatic rings. The molecule has 1 aliphatic heterocycles. The summed E-state index contributed by atoms with van der Waals surface area (Å²) in [6, 6.07) is 6.45. The van der Waals surface area contributed by atoms with Crippen LogP contribution in [0.3, 0.4) is 0 Å². The molecule has 1 fully saturated rings. The Morgan fingerprint density at radius 3 is 2.90 bits per heavy atom. The first-order chi connectivity index (χ1) is 10.0. The number of aromatic nitrogens is 1. The standard InChI is InChI=1S/C17H27N3O/c1-14(2)20-12-6-10-17(13-20,16(18)21)9-5-8-15-7-3-4-11-19-15/h3-4,7,11,14H,5-6,8-10,12-13H2,1-2H3,(H2,18,21). The van der Waals surface area contributed by atoms with Gasteiger partial charge in [-0.3, -0.25) is 14.7 Å². The molecule has 0 spiro atoms. The highest BCUT2D eigenvalue weighted by Crippen LogP contribution is 2.35. The first-order valence-corrected chi connectivity index (χ1v) is 7.97. The Balaban J connectivity index is 1.97. The van der Waals surface area contributed by atoms with E-state index >= 15 is 0 Å². The third-order valence-corrected chi connectivity index (χ3v) is 4.67. The fourth-order valence-electron chi connectivity index (χ4n) is 3.29. The van der Waals surface area contributed by atoms with E-state index in [1.54, 1.807) is 0 Å². The minimum Gasteiger partial charge on any atom is -0.369 e. The number of carbonyl (C=O) groups is 1. The summed E-state index contributed by atoms with van der Waals surface area (Å²) in [7, 11) is 0. The number of piperidine rings is 1. The lowest BCUT2D eigenvalue weighted by molar-refractivity contribution is -0.132. The van der Waals surface area contributed by atoms with Gasteiger partial charge in [0.05, 0.1) is 5.41 Å². The smallest absolute Gasteiger partial charge is 0.224 e. The van der Waals surface area contributed by atoms with Crippen LogP contribution in [0.5, 0.6) is 0 Å². The van der Waals surface area contributed by atoms with Gasteiger partial charge in [-0.1, -0.05) is 6.07 Å². The average Bonchev–Trinajstić information content (AvgIpc) is 2.48. The van der Waals surface area contributed by atoms with Crippen molar-refractivity contribution in [1.82, 2.24) is 9.88 Å². The summed E-state index contributed by atoms with van der Waals surface area (Å²) in [5, 5.41) is 0. The number of hydrogen-bond donors (Lipinski definition) is 1. The van der Waals surface area contributed by atoms with Crippen molar-refractivity contribution < 1.29 is 4.79 Å². The molecule has 1 atom stereocenters. The van der Waals surface area contributed by atoms with Crippen LogP contribution in [-0.4, -0.2) is 34.9 Å². The molecule has 4 nitrogen and oxygen atoms in total. The molecule has 0 aromatic carbocycles. The van der Waals surface area contributed by atoms with Crippen LogP contribution in [0.4, 0.5) is 0 Å². The van der Waals surface area contributed by atoms with Gasteiger partial charge in [-0.25, -0.2) is 0 Å². The Kier molecular flexibility index (Phi) is 5.34. The monoisotopic (exact) mass is 289 g/mol. The zero-order chi connectivity index (χ0) is 15.3. The molecule has 2 rings (SSSR count). The van der Waals surface area contributed by atoms with Crippen molar-refractivity contribution in [3.63, 3.8) is 0 Å². The van der Waals surface area contributed by atoms with Crippen molar-refractivity contribution in [3.05, 3.63) is 30.1 Å². The first kappa shape index (κ1) is 16.0. The van der Waals surface area contributed by atoms with E-state index in [4.69, 9.17) is 5.73 Å². The van der Waals surface area contributed by atoms with Crippen LogP contribution in [-0.2, 0) is 11.2 Å². The van der Waals surface area contributed by atoms with E-state index in [0.717, 1.165) is 50.9 Å². The van der Waals surface area contributed by atoms with Crippen LogP contribution in [0.15, 0.2) is 24.4 Å². The average molecular weight is 289 g/mol. The molecule has 1 amide bonds. The Morgan fingerprint density at radius 1 is 1.48 bits per heavy atom. The number of likely N-dealkylation sites (tertiary alicyclic amines) is 1. The molecule has 21 heavy (non-hydrogen) atoms. The topological polar surface area (TPSA) is 59.2 Å². The van der Waals surface area contributed by atoms with E-state index in [2.05, 4.69) is 23.7 Å². The number of nitrogens with zero attached hydrogens (tertiary/aromatic N) is 2. The number of amides is 1. The zero-order valence-corrected chi connectivity index (χ0v) is 13.2. The molecule has 0 aliphatic carbocycles. The number of primary amides is 1. The van der Waals surface area contributed by atoms with Crippen molar-refractivity contribution >= 4 is 5.91 Å². The molecule has 1 aromatic heterocycles. The summed E-state index contributed by atoms with van der Waals surface area (Å²) in [4.78, 5) is 18.8. The number of aryl methyl sites for hydroxylation is 1. The van der Waals surface area contributed by atoms with Crippen LogP contribution in [0.1, 0.15) is 45.2 Å². The third kappa shape index (κ3) is 4.03. The molecule has 1 unspecified atom stereocenters. The molecule has 0 radical (unpaired) electrons. The second kappa shape index (κ2) is 7.03. The summed E-state index contributed by atoms with van der Waals surface area (Å²) in [6.45, 7) is 6.26. The fourth-order valence-corrected chi connectivity index (χ4v) is 3.29. The lowest BCUT2D eigenvalue weighted by Gasteiger charge is -2.42. The van der Waals surface area contributed by atoms with Crippen molar-refractivity contribution in [2.24, 2.45) is 11.1 Å². The highest BCUT2D eigenvalue weighted by molar-refractivity contribution is 5.81. The molecular weight excluding hydrogens is 262 g/mol. The summed E-state index contributed by atoms with van der Waals surface area (Å²) >= 11 is 0. The van der Waals surface area contributed by atoms with Crippen molar-refractivity contribution in [1.29, 1.82) is 0 Å². The SMILES string of the molecule is CC(C)N1CCCC(CCCc2ccccn2)(C(N)=O)C1. The molecule has 1 aliphatic rings. The van der Waals surface area contributed by atoms with Gasteiger partial charge < -0.3 is 5.73 Å². The van der Waals surface area contributed by atoms with Gasteiger partial charge in [0.2, 0.25) is 5.91 Å². The lowest BCUT2D eigenvalue weighted by atomic mass is 9.75. The van der Waals surface area contributed by atoms with E-state index in [-0.39, 0.29) is 11.3 Å². The van der Waals surface area contributed by atoms with Gasteiger partial charge in [0.1, 0.15) is 0 Å². The largest absolute Gasteiger partial charge is 0.369 e. The van der Waals surface area contributed by atoms with Gasteiger partial charge >= 0.3 is 0 Å². The lowest BCUT2D eigenvalue weighted by Crippen LogP contribution is -2.52. The Hall–Kier alpha value is -1.42. The minimum atomic E-state index is -0.350. The number of pyridine rings is 1. The van der Waals surface area contributed by atoms with Crippen LogP contribution < -0.4 is 5.73 Å². The second-order valence-electron chi connectivity index (χ2n) is 6.49. The van der Waals surface area contributed by atoms with E-state index < -0.39 is 0 Å². The second-order valence-corrected chi connectivity index (χ2v) is 6.49. The first-order valence-electron chi connectivity index (χ1n) is 7.97. The maximum absolute atomic E-state index is 12.1. The molecule has 2 heterocycles. The number of rotatable bonds is 6. The summed E-state index contributed by atoms with van der Waals surface area (Å²) < 4.78 is 0. The molecule has 1 saturated heterocycles. The van der Waals surface area contributed by atoms with E-state index in [0.29, 0.717) is 6.04 Å². The van der Waals surface area contributed by atoms with Gasteiger partial charge in [-0.05, 0) is 64.6 Å². The summed E-state index contributed by atoms with van der Waals surface area (Å²) in [5.74, 6) is -0.131. The molecule has 0 bridgehead atoms. The third-order valence-electron chi connectivity index (χ3n) is 4.67. The molecular formula is C17H27N3O. The Bertz CT molecular complexity index is 460. The van der Waals surface area contributed by atoms with Crippen molar-refractivity contribution in [2.75, 3.05) is 13.1 Å². The highest BCUT2D eigenvalue weighted by Gasteiger charge is 2.40. The van der Waals surface area contributed by atoms with Gasteiger partial charge in [-0.15, -0.1) is 0 Å². The Labute approximate surface area is 127 Å². The van der Waals surface area contributed by atoms with Crippen LogP contribution in [0.2, 0.25) is 0 Å². The van der Waals surface area contributed by atoms with E-state index in [1.807, 2.05) is 24.4 Å². The summed E-state index contributed by atoms with van der Waals surface area (Å²) in [6.07, 6.45) is 6.55. The highest BCUT2D eigenvalue weighted by atomic mass is 16.1. The van der Waals surface area contributed by atoms with Crippen molar-refractivity contribution in [2.45, 2.75) is 52.0 Å². The zero-order valence-electron chi connectivity index (χ0n) is 13.2. The van der Waals surface area contributed by atoms with Crippen LogP contribution in [0, 0.1) is 5.41 Å². The normalized spacial score (nSPS) is 23.4. The molecule has 0 saturated carbocycles. The van der Waals surface area contributed by atoms with Crippen molar-refractivity contribution in [3.8, 4) is 0 Å². The van der Waals surface area contributed by atoms with Gasteiger partial charge in [0.15, 0.2) is 0 Å². The predicted molar refractivity (Wildman–Crippen MR) is 84.7 cm³/mol. The quantitative estimate of drug-likeness (QED) is 0.874. The van der Waals surface area contributed by atoms with Gasteiger partial charge in [0.25, 0.3) is 0 Å². The minimum absolute atomic E-state index is 0.131. The van der Waals surface area contributed by atoms with Gasteiger partial charge in [-0.2, -0.15) is 0 Å². The maximum Gasteiger partial charge on any atom is 0.224 e.